The maximum Gasteiger partial charge on any atom is 0.257 e. The summed E-state index contributed by atoms with van der Waals surface area (Å²) in [4.78, 5) is 25.0. The summed E-state index contributed by atoms with van der Waals surface area (Å²) in [5, 5.41) is 13.7. The lowest BCUT2D eigenvalue weighted by molar-refractivity contribution is -0.113. The number of carbonyl (C=O) groups is 2. The molecule has 162 valence electrons. The molecule has 0 radical (unpaired) electrons. The number of benzene rings is 2. The van der Waals surface area contributed by atoms with E-state index < -0.39 is 5.91 Å². The van der Waals surface area contributed by atoms with Crippen molar-refractivity contribution in [1.29, 1.82) is 0 Å². The number of nitrogens with one attached hydrogen (secondary N) is 2. The van der Waals surface area contributed by atoms with E-state index in [1.54, 1.807) is 36.0 Å². The molecule has 0 saturated heterocycles. The summed E-state index contributed by atoms with van der Waals surface area (Å²) in [7, 11) is 0. The number of carbonyl (C=O) groups excluding carboxylic acids is 2. The molecule has 1 heterocycles. The highest BCUT2D eigenvalue weighted by atomic mass is 32.2. The van der Waals surface area contributed by atoms with Crippen LogP contribution in [0.4, 0.5) is 15.8 Å². The minimum atomic E-state index is -0.395. The van der Waals surface area contributed by atoms with E-state index in [0.29, 0.717) is 16.9 Å². The summed E-state index contributed by atoms with van der Waals surface area (Å²) >= 11 is 4.46. The van der Waals surface area contributed by atoms with Crippen molar-refractivity contribution in [2.75, 3.05) is 22.1 Å². The fraction of sp³-hybridized carbons (Fsp3) is 0.238. The largest absolute Gasteiger partial charge is 0.325 e. The Morgan fingerprint density at radius 3 is 2.45 bits per heavy atom. The minimum Gasteiger partial charge on any atom is -0.325 e. The molecule has 10 heteroatoms. The monoisotopic (exact) mass is 476 g/mol. The maximum atomic E-state index is 13.0. The number of halogens is 1. The van der Waals surface area contributed by atoms with Crippen LogP contribution in [0.3, 0.4) is 0 Å². The fourth-order valence-electron chi connectivity index (χ4n) is 2.45. The summed E-state index contributed by atoms with van der Waals surface area (Å²) in [5.74, 6) is 0.135. The van der Waals surface area contributed by atoms with E-state index in [1.807, 2.05) is 0 Å². The van der Waals surface area contributed by atoms with E-state index in [0.717, 1.165) is 27.3 Å². The second-order valence-corrected chi connectivity index (χ2v) is 9.92. The van der Waals surface area contributed by atoms with Crippen LogP contribution in [0.15, 0.2) is 57.2 Å². The molecule has 0 aliphatic heterocycles. The van der Waals surface area contributed by atoms with Gasteiger partial charge < -0.3 is 10.6 Å². The van der Waals surface area contributed by atoms with Crippen LogP contribution in [0.2, 0.25) is 0 Å². The van der Waals surface area contributed by atoms with Gasteiger partial charge in [0.25, 0.3) is 5.91 Å². The molecular formula is C21H21FN4O2S3. The van der Waals surface area contributed by atoms with E-state index >= 15 is 0 Å². The molecule has 3 aromatic rings. The van der Waals surface area contributed by atoms with Gasteiger partial charge in [-0.3, -0.25) is 9.59 Å². The van der Waals surface area contributed by atoms with Gasteiger partial charge in [-0.15, -0.1) is 10.2 Å². The van der Waals surface area contributed by atoms with Gasteiger partial charge >= 0.3 is 0 Å². The smallest absolute Gasteiger partial charge is 0.257 e. The normalized spacial score (nSPS) is 10.6. The lowest BCUT2D eigenvalue weighted by Crippen LogP contribution is -2.19. The number of rotatable bonds is 10. The average Bonchev–Trinajstić information content (AvgIpc) is 3.22. The summed E-state index contributed by atoms with van der Waals surface area (Å²) < 4.78 is 14.7. The Hall–Kier alpha value is -2.43. The Bertz CT molecular complexity index is 1030. The third-order valence-corrected chi connectivity index (χ3v) is 7.26. The fourth-order valence-corrected chi connectivity index (χ4v) is 5.43. The van der Waals surface area contributed by atoms with Crippen LogP contribution < -0.4 is 10.6 Å². The van der Waals surface area contributed by atoms with E-state index in [-0.39, 0.29) is 17.5 Å². The first-order chi connectivity index (χ1) is 15.0. The van der Waals surface area contributed by atoms with E-state index in [9.17, 15) is 14.0 Å². The topological polar surface area (TPSA) is 84.0 Å². The van der Waals surface area contributed by atoms with Crippen molar-refractivity contribution in [2.24, 2.45) is 0 Å². The molecule has 0 aliphatic rings. The van der Waals surface area contributed by atoms with Gasteiger partial charge in [-0.1, -0.05) is 60.3 Å². The standard InChI is InChI=1S/C21H21FN4O2S3/c1-2-3-12-29-20-25-26-21(31-20)30-13-18(27)24-17-7-5-4-6-16(17)19(28)23-15-10-8-14(22)9-11-15/h4-11H,2-3,12-13H2,1H3,(H,23,28)(H,24,27). The van der Waals surface area contributed by atoms with Crippen molar-refractivity contribution in [2.45, 2.75) is 28.4 Å². The number of unbranched alkanes of at least 4 members (excludes halogenated alkanes) is 1. The third-order valence-electron chi connectivity index (χ3n) is 3.99. The molecule has 0 spiro atoms. The Kier molecular flexibility index (Phi) is 8.86. The van der Waals surface area contributed by atoms with Gasteiger partial charge in [0, 0.05) is 11.4 Å². The van der Waals surface area contributed by atoms with Crippen molar-refractivity contribution in [3.8, 4) is 0 Å². The number of nitrogens with zero attached hydrogens (tertiary/aromatic N) is 2. The van der Waals surface area contributed by atoms with Crippen molar-refractivity contribution < 1.29 is 14.0 Å². The van der Waals surface area contributed by atoms with Gasteiger partial charge in [-0.25, -0.2) is 4.39 Å². The predicted molar refractivity (Wildman–Crippen MR) is 126 cm³/mol. The van der Waals surface area contributed by atoms with Crippen molar-refractivity contribution >= 4 is 58.0 Å². The summed E-state index contributed by atoms with van der Waals surface area (Å²) in [6.07, 6.45) is 2.26. The predicted octanol–water partition coefficient (Wildman–Crippen LogP) is 5.55. The summed E-state index contributed by atoms with van der Waals surface area (Å²) in [5.41, 5.74) is 1.18. The molecule has 3 rings (SSSR count). The van der Waals surface area contributed by atoms with Crippen LogP contribution >= 0.6 is 34.9 Å². The number of para-hydroxylation sites is 1. The second kappa shape index (κ2) is 11.8. The number of aromatic nitrogens is 2. The zero-order valence-corrected chi connectivity index (χ0v) is 19.2. The first kappa shape index (κ1) is 23.2. The molecule has 0 aliphatic carbocycles. The molecule has 0 bridgehead atoms. The molecule has 0 unspecified atom stereocenters. The van der Waals surface area contributed by atoms with Crippen LogP contribution in [0.25, 0.3) is 0 Å². The summed E-state index contributed by atoms with van der Waals surface area (Å²) in [6.45, 7) is 2.14. The summed E-state index contributed by atoms with van der Waals surface area (Å²) in [6, 6.07) is 12.2. The Morgan fingerprint density at radius 1 is 1.00 bits per heavy atom. The lowest BCUT2D eigenvalue weighted by Gasteiger charge is -2.11. The average molecular weight is 477 g/mol. The lowest BCUT2D eigenvalue weighted by atomic mass is 10.1. The van der Waals surface area contributed by atoms with E-state index in [1.165, 1.54) is 47.4 Å². The quantitative estimate of drug-likeness (QED) is 0.295. The SMILES string of the molecule is CCCCSc1nnc(SCC(=O)Nc2ccccc2C(=O)Nc2ccc(F)cc2)s1. The molecule has 0 atom stereocenters. The van der Waals surface area contributed by atoms with Gasteiger partial charge in [0.2, 0.25) is 5.91 Å². The van der Waals surface area contributed by atoms with Crippen LogP contribution in [-0.4, -0.2) is 33.5 Å². The number of amides is 2. The van der Waals surface area contributed by atoms with Crippen molar-refractivity contribution in [1.82, 2.24) is 10.2 Å². The molecular weight excluding hydrogens is 455 g/mol. The first-order valence-electron chi connectivity index (χ1n) is 9.60. The van der Waals surface area contributed by atoms with Gasteiger partial charge in [0.15, 0.2) is 8.68 Å². The minimum absolute atomic E-state index is 0.155. The zero-order valence-electron chi connectivity index (χ0n) is 16.8. The number of anilines is 2. The molecule has 6 nitrogen and oxygen atoms in total. The highest BCUT2D eigenvalue weighted by Crippen LogP contribution is 2.29. The highest BCUT2D eigenvalue weighted by Gasteiger charge is 2.14. The molecule has 1 aromatic heterocycles. The molecule has 0 saturated carbocycles. The van der Waals surface area contributed by atoms with E-state index in [4.69, 9.17) is 0 Å². The Balaban J connectivity index is 1.55. The van der Waals surface area contributed by atoms with Crippen LogP contribution in [0.1, 0.15) is 30.1 Å². The number of hydrogen-bond donors (Lipinski definition) is 2. The third kappa shape index (κ3) is 7.34. The molecule has 0 fully saturated rings. The molecule has 2 N–H and O–H groups in total. The number of hydrogen-bond acceptors (Lipinski definition) is 7. The van der Waals surface area contributed by atoms with Gasteiger partial charge in [-0.05, 0) is 42.8 Å². The zero-order chi connectivity index (χ0) is 22.1. The molecule has 2 aromatic carbocycles. The van der Waals surface area contributed by atoms with Gasteiger partial charge in [0.1, 0.15) is 5.82 Å². The molecule has 31 heavy (non-hydrogen) atoms. The Labute approximate surface area is 192 Å². The van der Waals surface area contributed by atoms with Gasteiger partial charge in [-0.2, -0.15) is 0 Å². The maximum absolute atomic E-state index is 13.0. The highest BCUT2D eigenvalue weighted by molar-refractivity contribution is 8.03. The van der Waals surface area contributed by atoms with Crippen molar-refractivity contribution in [3.63, 3.8) is 0 Å². The van der Waals surface area contributed by atoms with Crippen LogP contribution in [0.5, 0.6) is 0 Å². The molecule has 2 amide bonds. The first-order valence-corrected chi connectivity index (χ1v) is 12.4. The number of thioether (sulfide) groups is 2. The Morgan fingerprint density at radius 2 is 1.71 bits per heavy atom. The van der Waals surface area contributed by atoms with Crippen molar-refractivity contribution in [3.05, 3.63) is 59.9 Å². The second-order valence-electron chi connectivity index (χ2n) is 6.38. The van der Waals surface area contributed by atoms with E-state index in [2.05, 4.69) is 27.8 Å². The van der Waals surface area contributed by atoms with Crippen LogP contribution in [0, 0.1) is 5.82 Å². The van der Waals surface area contributed by atoms with Crippen LogP contribution in [-0.2, 0) is 4.79 Å². The van der Waals surface area contributed by atoms with Gasteiger partial charge in [0.05, 0.1) is 17.0 Å².